The molecular formula is C16H35Cl2NOTi. The molecule has 5 heteroatoms. The van der Waals surface area contributed by atoms with Crippen LogP contribution in [0.1, 0.15) is 85.0 Å². The average Bonchev–Trinajstić information content (AvgIpc) is 2.43. The van der Waals surface area contributed by atoms with Crippen LogP contribution >= 0.6 is 0 Å². The molecule has 0 saturated heterocycles. The molecule has 21 heavy (non-hydrogen) atoms. The quantitative estimate of drug-likeness (QED) is 0.274. The van der Waals surface area contributed by atoms with Crippen molar-refractivity contribution in [2.24, 2.45) is 0 Å². The topological polar surface area (TPSA) is 12.5 Å². The van der Waals surface area contributed by atoms with Gasteiger partial charge >= 0.3 is 131 Å². The zero-order chi connectivity index (χ0) is 14.2. The number of hydrogen-bond acceptors (Lipinski definition) is 2. The minimum Gasteiger partial charge on any atom is -1.00 e. The van der Waals surface area contributed by atoms with E-state index >= 15 is 0 Å². The van der Waals surface area contributed by atoms with Crippen LogP contribution in [0.25, 0.3) is 0 Å². The van der Waals surface area contributed by atoms with Gasteiger partial charge in [-0.2, -0.15) is 0 Å². The Morgan fingerprint density at radius 3 is 1.57 bits per heavy atom. The van der Waals surface area contributed by atoms with Gasteiger partial charge in [-0.3, -0.25) is 0 Å². The molecule has 0 saturated carbocycles. The first-order valence-corrected chi connectivity index (χ1v) is 9.81. The van der Waals surface area contributed by atoms with E-state index in [0.29, 0.717) is 0 Å². The molecule has 0 fully saturated rings. The number of nitrogens with zero attached hydrogens (tertiary/aromatic N) is 1. The van der Waals surface area contributed by atoms with Gasteiger partial charge in [0.15, 0.2) is 0 Å². The Morgan fingerprint density at radius 2 is 1.14 bits per heavy atom. The summed E-state index contributed by atoms with van der Waals surface area (Å²) < 4.78 is 8.54. The molecule has 0 spiro atoms. The third-order valence-corrected chi connectivity index (χ3v) is 4.98. The van der Waals surface area contributed by atoms with Crippen LogP contribution in [0, 0.1) is 0 Å². The van der Waals surface area contributed by atoms with Gasteiger partial charge in [0.25, 0.3) is 0 Å². The Hall–Kier alpha value is 1.21. The standard InChI is InChI=1S/C12H26N.C4H9O.2ClH.Ti/c1-3-5-7-9-11-13-12-10-8-6-4-2;1-2-3-4-5;;;/h3-12H2,1-2H3;2-4H2,1H3;2*1H;/q2*-1;;;+4/p-2. The maximum absolute atomic E-state index is 5.90. The molecule has 0 aromatic heterocycles. The third kappa shape index (κ3) is 21.2. The minimum atomic E-state index is -0.303. The van der Waals surface area contributed by atoms with Gasteiger partial charge in [-0.25, -0.2) is 0 Å². The van der Waals surface area contributed by atoms with Crippen molar-refractivity contribution in [1.82, 2.24) is 3.38 Å². The molecule has 0 bridgehead atoms. The molecule has 128 valence electrons. The molecule has 0 radical (unpaired) electrons. The van der Waals surface area contributed by atoms with Crippen LogP contribution in [-0.4, -0.2) is 23.1 Å². The van der Waals surface area contributed by atoms with Crippen LogP contribution < -0.4 is 24.8 Å². The van der Waals surface area contributed by atoms with Gasteiger partial charge in [-0.05, 0) is 0 Å². The van der Waals surface area contributed by atoms with Gasteiger partial charge in [0.1, 0.15) is 0 Å². The molecule has 0 unspecified atom stereocenters. The summed E-state index contributed by atoms with van der Waals surface area (Å²) in [6, 6.07) is 0. The first-order chi connectivity index (χ1) is 9.35. The third-order valence-electron chi connectivity index (χ3n) is 3.36. The van der Waals surface area contributed by atoms with Gasteiger partial charge in [0.2, 0.25) is 0 Å². The smallest absolute Gasteiger partial charge is 1.00 e. The zero-order valence-corrected chi connectivity index (χ0v) is 17.4. The maximum atomic E-state index is 5.90. The summed E-state index contributed by atoms with van der Waals surface area (Å²) in [6.07, 6.45) is 13.4. The molecular weight excluding hydrogens is 341 g/mol. The summed E-state index contributed by atoms with van der Waals surface area (Å²) in [5.74, 6) is 0. The summed E-state index contributed by atoms with van der Waals surface area (Å²) in [5, 5.41) is 0. The Bertz CT molecular complexity index is 148. The Morgan fingerprint density at radius 1 is 0.667 bits per heavy atom. The maximum Gasteiger partial charge on any atom is -1.00 e. The molecule has 0 aliphatic carbocycles. The second-order valence-corrected chi connectivity index (χ2v) is 7.13. The summed E-state index contributed by atoms with van der Waals surface area (Å²) in [7, 11) is 0. The van der Waals surface area contributed by atoms with Crippen LogP contribution in [0.2, 0.25) is 0 Å². The second kappa shape index (κ2) is 23.5. The molecule has 0 aromatic carbocycles. The molecule has 0 N–H and O–H groups in total. The number of halogens is 2. The van der Waals surface area contributed by atoms with Gasteiger partial charge < -0.3 is 24.8 Å². The summed E-state index contributed by atoms with van der Waals surface area (Å²) >= 11 is -0.303. The molecule has 0 heterocycles. The van der Waals surface area contributed by atoms with E-state index in [1.165, 1.54) is 77.3 Å². The van der Waals surface area contributed by atoms with Crippen molar-refractivity contribution in [2.45, 2.75) is 85.0 Å². The van der Waals surface area contributed by atoms with Crippen molar-refractivity contribution in [1.29, 1.82) is 0 Å². The van der Waals surface area contributed by atoms with E-state index in [9.17, 15) is 0 Å². The minimum absolute atomic E-state index is 0. The molecule has 2 nitrogen and oxygen atoms in total. The average molecular weight is 376 g/mol. The molecule has 0 atom stereocenters. The predicted molar refractivity (Wildman–Crippen MR) is 80.7 cm³/mol. The van der Waals surface area contributed by atoms with Crippen LogP contribution in [0.15, 0.2) is 0 Å². The zero-order valence-electron chi connectivity index (χ0n) is 14.3. The second-order valence-electron chi connectivity index (χ2n) is 5.40. The first-order valence-electron chi connectivity index (χ1n) is 8.47. The molecule has 0 rings (SSSR count). The van der Waals surface area contributed by atoms with Crippen molar-refractivity contribution in [3.05, 3.63) is 0 Å². The molecule has 0 aliphatic heterocycles. The first kappa shape index (κ1) is 27.1. The summed E-state index contributed by atoms with van der Waals surface area (Å²) in [4.78, 5) is 0. The van der Waals surface area contributed by atoms with E-state index in [2.05, 4.69) is 24.2 Å². The molecule has 0 aliphatic rings. The van der Waals surface area contributed by atoms with Gasteiger partial charge in [0.05, 0.1) is 0 Å². The summed E-state index contributed by atoms with van der Waals surface area (Å²) in [5.41, 5.74) is 0. The number of hydrogen-bond donors (Lipinski definition) is 0. The Balaban J connectivity index is -0.00000162. The van der Waals surface area contributed by atoms with Gasteiger partial charge in [-0.15, -0.1) is 0 Å². The molecule has 0 aromatic rings. The van der Waals surface area contributed by atoms with E-state index in [1.54, 1.807) is 0 Å². The SMILES string of the molecule is CCCCCC[N](CCCCCC)[Ti+2][O]CCCC.[Cl-].[Cl-]. The van der Waals surface area contributed by atoms with Crippen LogP contribution in [0.3, 0.4) is 0 Å². The van der Waals surface area contributed by atoms with Crippen molar-refractivity contribution in [2.75, 3.05) is 19.7 Å². The number of unbranched alkanes of at least 4 members (excludes halogenated alkanes) is 7. The van der Waals surface area contributed by atoms with E-state index in [-0.39, 0.29) is 44.6 Å². The van der Waals surface area contributed by atoms with Crippen molar-refractivity contribution in [3.8, 4) is 0 Å². The number of rotatable bonds is 15. The van der Waals surface area contributed by atoms with Crippen molar-refractivity contribution < 1.29 is 47.9 Å². The van der Waals surface area contributed by atoms with E-state index in [1.807, 2.05) is 0 Å². The van der Waals surface area contributed by atoms with E-state index < -0.39 is 0 Å². The van der Waals surface area contributed by atoms with Crippen LogP contribution in [0.5, 0.6) is 0 Å². The van der Waals surface area contributed by atoms with Crippen molar-refractivity contribution >= 4 is 0 Å². The Labute approximate surface area is 155 Å². The largest absolute Gasteiger partial charge is 1.00 e. The van der Waals surface area contributed by atoms with Crippen LogP contribution in [0.4, 0.5) is 0 Å². The normalized spacial score (nSPS) is 9.90. The van der Waals surface area contributed by atoms with Gasteiger partial charge in [-0.1, -0.05) is 0 Å². The monoisotopic (exact) mass is 375 g/mol. The summed E-state index contributed by atoms with van der Waals surface area (Å²) in [6.45, 7) is 10.3. The van der Waals surface area contributed by atoms with E-state index in [4.69, 9.17) is 3.32 Å². The fraction of sp³-hybridized carbons (Fsp3) is 1.00. The molecule has 0 amide bonds. The van der Waals surface area contributed by atoms with Crippen LogP contribution in [-0.2, 0) is 23.1 Å². The fourth-order valence-corrected chi connectivity index (χ4v) is 3.45. The Kier molecular flexibility index (Phi) is 30.3. The predicted octanol–water partition coefficient (Wildman–Crippen LogP) is -0.814. The van der Waals surface area contributed by atoms with Gasteiger partial charge in [0, 0.05) is 0 Å². The van der Waals surface area contributed by atoms with E-state index in [0.717, 1.165) is 6.61 Å². The van der Waals surface area contributed by atoms with Crippen molar-refractivity contribution in [3.63, 3.8) is 0 Å². The fourth-order valence-electron chi connectivity index (χ4n) is 2.02.